The number of hydrogen-bond acceptors (Lipinski definition) is 4. The molecule has 0 aromatic carbocycles. The zero-order valence-corrected chi connectivity index (χ0v) is 10.9. The fraction of sp³-hybridized carbons (Fsp3) is 0.500. The second-order valence-corrected chi connectivity index (χ2v) is 3.59. The molecule has 96 valence electrons. The van der Waals surface area contributed by atoms with Crippen molar-refractivity contribution < 1.29 is 4.79 Å². The molecule has 1 saturated heterocycles. The standard InChI is InChI=1S/C10H14N4O.2ClH/c15-10(9-7-12-5-6-13-9)14-8-1-3-11-4-2-8;;/h5-8,11H,1-4H2,(H,14,15);2*1H. The molecule has 0 aliphatic carbocycles. The fourth-order valence-corrected chi connectivity index (χ4v) is 1.64. The van der Waals surface area contributed by atoms with Crippen LogP contribution in [0.4, 0.5) is 0 Å². The highest BCUT2D eigenvalue weighted by Gasteiger charge is 2.16. The lowest BCUT2D eigenvalue weighted by atomic mass is 10.1. The molecule has 1 aliphatic heterocycles. The van der Waals surface area contributed by atoms with Gasteiger partial charge in [0.1, 0.15) is 5.69 Å². The fourth-order valence-electron chi connectivity index (χ4n) is 1.64. The minimum absolute atomic E-state index is 0. The summed E-state index contributed by atoms with van der Waals surface area (Å²) in [5, 5.41) is 6.20. The van der Waals surface area contributed by atoms with E-state index in [9.17, 15) is 4.79 Å². The molecule has 2 rings (SSSR count). The van der Waals surface area contributed by atoms with E-state index in [1.54, 1.807) is 6.20 Å². The third-order valence-corrected chi connectivity index (χ3v) is 2.47. The molecule has 1 aromatic heterocycles. The zero-order chi connectivity index (χ0) is 10.5. The molecule has 1 aromatic rings. The summed E-state index contributed by atoms with van der Waals surface area (Å²) in [6, 6.07) is 0.265. The van der Waals surface area contributed by atoms with Gasteiger partial charge in [0.15, 0.2) is 0 Å². The topological polar surface area (TPSA) is 66.9 Å². The molecule has 0 atom stereocenters. The monoisotopic (exact) mass is 278 g/mol. The van der Waals surface area contributed by atoms with E-state index < -0.39 is 0 Å². The Morgan fingerprint density at radius 3 is 2.59 bits per heavy atom. The molecule has 0 unspecified atom stereocenters. The van der Waals surface area contributed by atoms with E-state index in [1.807, 2.05) is 0 Å². The molecular formula is C10H16Cl2N4O. The second-order valence-electron chi connectivity index (χ2n) is 3.59. The first-order valence-corrected chi connectivity index (χ1v) is 5.14. The predicted molar refractivity (Wildman–Crippen MR) is 69.9 cm³/mol. The van der Waals surface area contributed by atoms with E-state index in [-0.39, 0.29) is 36.8 Å². The number of aromatic nitrogens is 2. The number of amides is 1. The summed E-state index contributed by atoms with van der Waals surface area (Å²) < 4.78 is 0. The minimum Gasteiger partial charge on any atom is -0.348 e. The molecule has 0 saturated carbocycles. The van der Waals surface area contributed by atoms with E-state index in [1.165, 1.54) is 12.4 Å². The summed E-state index contributed by atoms with van der Waals surface area (Å²) in [6.45, 7) is 1.93. The van der Waals surface area contributed by atoms with Crippen LogP contribution in [0.1, 0.15) is 23.3 Å². The van der Waals surface area contributed by atoms with Crippen LogP contribution in [0.25, 0.3) is 0 Å². The van der Waals surface area contributed by atoms with Crippen molar-refractivity contribution in [2.24, 2.45) is 0 Å². The Morgan fingerprint density at radius 2 is 2.00 bits per heavy atom. The van der Waals surface area contributed by atoms with Crippen molar-refractivity contribution in [3.63, 3.8) is 0 Å². The Bertz CT molecular complexity index is 330. The maximum absolute atomic E-state index is 11.7. The third kappa shape index (κ3) is 4.85. The van der Waals surface area contributed by atoms with Crippen LogP contribution in [0.5, 0.6) is 0 Å². The molecule has 2 N–H and O–H groups in total. The number of piperidine rings is 1. The number of rotatable bonds is 2. The Morgan fingerprint density at radius 1 is 1.29 bits per heavy atom. The maximum Gasteiger partial charge on any atom is 0.271 e. The lowest BCUT2D eigenvalue weighted by Gasteiger charge is -2.23. The second kappa shape index (κ2) is 8.22. The van der Waals surface area contributed by atoms with Crippen molar-refractivity contribution in [3.8, 4) is 0 Å². The summed E-state index contributed by atoms with van der Waals surface area (Å²) in [6.07, 6.45) is 6.52. The molecule has 0 bridgehead atoms. The van der Waals surface area contributed by atoms with Gasteiger partial charge in [0.05, 0.1) is 6.20 Å². The molecule has 1 aliphatic rings. The van der Waals surface area contributed by atoms with Gasteiger partial charge in [0, 0.05) is 18.4 Å². The van der Waals surface area contributed by atoms with E-state index in [4.69, 9.17) is 0 Å². The van der Waals surface area contributed by atoms with Crippen molar-refractivity contribution >= 4 is 30.7 Å². The smallest absolute Gasteiger partial charge is 0.271 e. The number of halogens is 2. The minimum atomic E-state index is -0.130. The van der Waals surface area contributed by atoms with Crippen LogP contribution in [0.3, 0.4) is 0 Å². The summed E-state index contributed by atoms with van der Waals surface area (Å²) in [4.78, 5) is 19.5. The first-order chi connectivity index (χ1) is 7.36. The van der Waals surface area contributed by atoms with Gasteiger partial charge in [0.25, 0.3) is 5.91 Å². The Hall–Kier alpha value is -0.910. The number of nitrogens with zero attached hydrogens (tertiary/aromatic N) is 2. The van der Waals surface area contributed by atoms with Crippen LogP contribution in [-0.2, 0) is 0 Å². The van der Waals surface area contributed by atoms with Crippen LogP contribution >= 0.6 is 24.8 Å². The molecule has 1 fully saturated rings. The molecule has 0 spiro atoms. The van der Waals surface area contributed by atoms with Crippen molar-refractivity contribution in [2.45, 2.75) is 18.9 Å². The van der Waals surface area contributed by atoms with E-state index >= 15 is 0 Å². The molecule has 2 heterocycles. The van der Waals surface area contributed by atoms with Gasteiger partial charge in [-0.2, -0.15) is 0 Å². The van der Waals surface area contributed by atoms with Crippen LogP contribution in [0.2, 0.25) is 0 Å². The highest BCUT2D eigenvalue weighted by molar-refractivity contribution is 5.92. The van der Waals surface area contributed by atoms with Gasteiger partial charge in [-0.3, -0.25) is 9.78 Å². The predicted octanol–water partition coefficient (Wildman–Crippen LogP) is 0.802. The normalized spacial score (nSPS) is 15.3. The zero-order valence-electron chi connectivity index (χ0n) is 9.26. The molecule has 5 nitrogen and oxygen atoms in total. The number of nitrogens with one attached hydrogen (secondary N) is 2. The van der Waals surface area contributed by atoms with E-state index in [0.29, 0.717) is 5.69 Å². The SMILES string of the molecule is Cl.Cl.O=C(NC1CCNCC1)c1cnccn1. The first kappa shape index (κ1) is 16.1. The van der Waals surface area contributed by atoms with Crippen molar-refractivity contribution in [1.82, 2.24) is 20.6 Å². The van der Waals surface area contributed by atoms with Crippen LogP contribution in [0, 0.1) is 0 Å². The van der Waals surface area contributed by atoms with Gasteiger partial charge in [0.2, 0.25) is 0 Å². The third-order valence-electron chi connectivity index (χ3n) is 2.47. The molecule has 7 heteroatoms. The quantitative estimate of drug-likeness (QED) is 0.840. The van der Waals surface area contributed by atoms with Crippen molar-refractivity contribution in [2.75, 3.05) is 13.1 Å². The first-order valence-electron chi connectivity index (χ1n) is 5.14. The Kier molecular flexibility index (Phi) is 7.78. The van der Waals surface area contributed by atoms with E-state index in [0.717, 1.165) is 25.9 Å². The van der Waals surface area contributed by atoms with Gasteiger partial charge >= 0.3 is 0 Å². The van der Waals surface area contributed by atoms with Crippen molar-refractivity contribution in [3.05, 3.63) is 24.3 Å². The van der Waals surface area contributed by atoms with Gasteiger partial charge in [-0.05, 0) is 25.9 Å². The summed E-state index contributed by atoms with van der Waals surface area (Å²) >= 11 is 0. The Labute approximate surface area is 113 Å². The Balaban J connectivity index is 0.00000128. The summed E-state index contributed by atoms with van der Waals surface area (Å²) in [5.41, 5.74) is 0.385. The van der Waals surface area contributed by atoms with Gasteiger partial charge in [-0.15, -0.1) is 24.8 Å². The number of carbonyl (C=O) groups excluding carboxylic acids is 1. The maximum atomic E-state index is 11.7. The van der Waals surface area contributed by atoms with Gasteiger partial charge < -0.3 is 10.6 Å². The molecule has 1 amide bonds. The highest BCUT2D eigenvalue weighted by Crippen LogP contribution is 2.03. The highest BCUT2D eigenvalue weighted by atomic mass is 35.5. The molecular weight excluding hydrogens is 263 g/mol. The summed E-state index contributed by atoms with van der Waals surface area (Å²) in [5.74, 6) is -0.130. The number of carbonyl (C=O) groups is 1. The van der Waals surface area contributed by atoms with Crippen LogP contribution in [0.15, 0.2) is 18.6 Å². The number of hydrogen-bond donors (Lipinski definition) is 2. The lowest BCUT2D eigenvalue weighted by molar-refractivity contribution is 0.0924. The average molecular weight is 279 g/mol. The average Bonchev–Trinajstić information content (AvgIpc) is 2.31. The summed E-state index contributed by atoms with van der Waals surface area (Å²) in [7, 11) is 0. The lowest BCUT2D eigenvalue weighted by Crippen LogP contribution is -2.42. The largest absolute Gasteiger partial charge is 0.348 e. The van der Waals surface area contributed by atoms with E-state index in [2.05, 4.69) is 20.6 Å². The van der Waals surface area contributed by atoms with Gasteiger partial charge in [-0.25, -0.2) is 4.98 Å². The molecule has 17 heavy (non-hydrogen) atoms. The van der Waals surface area contributed by atoms with Crippen LogP contribution in [-0.4, -0.2) is 35.0 Å². The van der Waals surface area contributed by atoms with Crippen molar-refractivity contribution in [1.29, 1.82) is 0 Å². The van der Waals surface area contributed by atoms with Gasteiger partial charge in [-0.1, -0.05) is 0 Å². The molecule has 0 radical (unpaired) electrons. The van der Waals surface area contributed by atoms with Crippen LogP contribution < -0.4 is 10.6 Å².